The number of alkyl halides is 1. The lowest BCUT2D eigenvalue weighted by molar-refractivity contribution is 0.0934. The first-order valence-corrected chi connectivity index (χ1v) is 6.72. The number of carbonyl (C=O) groups is 1. The molecule has 1 aromatic rings. The third-order valence-electron chi connectivity index (χ3n) is 3.29. The minimum Gasteiger partial charge on any atom is -0.466 e. The topological polar surface area (TPSA) is 42.2 Å². The number of hydrogen-bond donors (Lipinski definition) is 1. The molecule has 0 unspecified atom stereocenters. The molecule has 1 amide bonds. The van der Waals surface area contributed by atoms with Crippen molar-refractivity contribution < 1.29 is 9.21 Å². The van der Waals surface area contributed by atoms with E-state index < -0.39 is 0 Å². The van der Waals surface area contributed by atoms with Gasteiger partial charge < -0.3 is 9.73 Å². The molecule has 4 heteroatoms. The van der Waals surface area contributed by atoms with E-state index in [9.17, 15) is 4.79 Å². The van der Waals surface area contributed by atoms with Crippen LogP contribution in [-0.4, -0.2) is 18.3 Å². The standard InChI is InChI=1S/C14H22ClNO2/c1-9-10(2)18-11(3)12(9)13(17)16-8-14(4,5)6-7-15/h6-8H2,1-5H3,(H,16,17). The zero-order valence-electron chi connectivity index (χ0n) is 11.8. The molecular formula is C14H22ClNO2. The number of hydrogen-bond acceptors (Lipinski definition) is 2. The molecule has 0 atom stereocenters. The van der Waals surface area contributed by atoms with Gasteiger partial charge in [0.1, 0.15) is 11.5 Å². The van der Waals surface area contributed by atoms with Crippen LogP contribution in [0.2, 0.25) is 0 Å². The van der Waals surface area contributed by atoms with E-state index >= 15 is 0 Å². The van der Waals surface area contributed by atoms with E-state index in [1.807, 2.05) is 20.8 Å². The molecule has 0 spiro atoms. The second kappa shape index (κ2) is 5.79. The van der Waals surface area contributed by atoms with Crippen LogP contribution in [0, 0.1) is 26.2 Å². The van der Waals surface area contributed by atoms with Crippen LogP contribution in [-0.2, 0) is 0 Å². The Morgan fingerprint density at radius 3 is 2.33 bits per heavy atom. The summed E-state index contributed by atoms with van der Waals surface area (Å²) in [4.78, 5) is 12.1. The minimum atomic E-state index is -0.0653. The Morgan fingerprint density at radius 2 is 1.89 bits per heavy atom. The number of aryl methyl sites for hydroxylation is 2. The third kappa shape index (κ3) is 3.52. The molecule has 1 heterocycles. The van der Waals surface area contributed by atoms with E-state index in [-0.39, 0.29) is 11.3 Å². The van der Waals surface area contributed by atoms with Gasteiger partial charge in [0.2, 0.25) is 0 Å². The van der Waals surface area contributed by atoms with Gasteiger partial charge in [-0.2, -0.15) is 0 Å². The Bertz CT molecular complexity index is 435. The molecule has 0 radical (unpaired) electrons. The molecule has 0 aliphatic carbocycles. The van der Waals surface area contributed by atoms with Crippen LogP contribution in [0.1, 0.15) is 47.7 Å². The predicted molar refractivity (Wildman–Crippen MR) is 74.4 cm³/mol. The average Bonchev–Trinajstić information content (AvgIpc) is 2.50. The van der Waals surface area contributed by atoms with Crippen molar-refractivity contribution in [3.63, 3.8) is 0 Å². The van der Waals surface area contributed by atoms with Gasteiger partial charge >= 0.3 is 0 Å². The van der Waals surface area contributed by atoms with E-state index in [1.165, 1.54) is 0 Å². The van der Waals surface area contributed by atoms with Gasteiger partial charge in [-0.15, -0.1) is 11.6 Å². The smallest absolute Gasteiger partial charge is 0.255 e. The molecule has 1 rings (SSSR count). The van der Waals surface area contributed by atoms with Crippen LogP contribution < -0.4 is 5.32 Å². The average molecular weight is 272 g/mol. The van der Waals surface area contributed by atoms with E-state index in [2.05, 4.69) is 19.2 Å². The molecule has 1 N–H and O–H groups in total. The van der Waals surface area contributed by atoms with Crippen molar-refractivity contribution in [2.24, 2.45) is 5.41 Å². The van der Waals surface area contributed by atoms with Crippen molar-refractivity contribution in [3.05, 3.63) is 22.6 Å². The molecule has 0 aliphatic heterocycles. The maximum absolute atomic E-state index is 12.1. The van der Waals surface area contributed by atoms with Crippen molar-refractivity contribution in [3.8, 4) is 0 Å². The fourth-order valence-corrected chi connectivity index (χ4v) is 2.39. The highest BCUT2D eigenvalue weighted by molar-refractivity contribution is 6.17. The van der Waals surface area contributed by atoms with Gasteiger partial charge in [-0.1, -0.05) is 13.8 Å². The summed E-state index contributed by atoms with van der Waals surface area (Å²) in [6.07, 6.45) is 0.872. The second-order valence-electron chi connectivity index (χ2n) is 5.50. The normalized spacial score (nSPS) is 11.7. The van der Waals surface area contributed by atoms with Gasteiger partial charge in [-0.05, 0) is 32.6 Å². The van der Waals surface area contributed by atoms with Gasteiger partial charge in [-0.25, -0.2) is 0 Å². The summed E-state index contributed by atoms with van der Waals surface area (Å²) in [7, 11) is 0. The van der Waals surface area contributed by atoms with Crippen molar-refractivity contribution in [2.75, 3.05) is 12.4 Å². The monoisotopic (exact) mass is 271 g/mol. The van der Waals surface area contributed by atoms with Crippen LogP contribution in [0.3, 0.4) is 0 Å². The number of furan rings is 1. The summed E-state index contributed by atoms with van der Waals surface area (Å²) in [6, 6.07) is 0. The molecule has 0 fully saturated rings. The highest BCUT2D eigenvalue weighted by Gasteiger charge is 2.22. The summed E-state index contributed by atoms with van der Waals surface area (Å²) >= 11 is 5.74. The lowest BCUT2D eigenvalue weighted by Gasteiger charge is -2.23. The molecule has 0 aromatic carbocycles. The van der Waals surface area contributed by atoms with E-state index in [1.54, 1.807) is 0 Å². The number of carbonyl (C=O) groups excluding carboxylic acids is 1. The quantitative estimate of drug-likeness (QED) is 0.832. The molecule has 3 nitrogen and oxygen atoms in total. The van der Waals surface area contributed by atoms with Crippen molar-refractivity contribution in [1.82, 2.24) is 5.32 Å². The van der Waals surface area contributed by atoms with Crippen molar-refractivity contribution >= 4 is 17.5 Å². The molecule has 102 valence electrons. The summed E-state index contributed by atoms with van der Waals surface area (Å²) in [5.41, 5.74) is 1.59. The molecular weight excluding hydrogens is 250 g/mol. The van der Waals surface area contributed by atoms with E-state index in [4.69, 9.17) is 16.0 Å². The Morgan fingerprint density at radius 1 is 1.28 bits per heavy atom. The molecule has 0 saturated heterocycles. The number of halogens is 1. The number of amides is 1. The van der Waals surface area contributed by atoms with Crippen LogP contribution in [0.4, 0.5) is 0 Å². The van der Waals surface area contributed by atoms with Gasteiger partial charge in [0.25, 0.3) is 5.91 Å². The largest absolute Gasteiger partial charge is 0.466 e. The molecule has 0 aliphatic rings. The lowest BCUT2D eigenvalue weighted by atomic mass is 9.90. The maximum atomic E-state index is 12.1. The SMILES string of the molecule is Cc1oc(C)c(C(=O)NCC(C)(C)CCCl)c1C. The zero-order valence-corrected chi connectivity index (χ0v) is 12.6. The molecule has 0 bridgehead atoms. The first-order valence-electron chi connectivity index (χ1n) is 6.19. The number of nitrogens with one attached hydrogen (secondary N) is 1. The molecule has 18 heavy (non-hydrogen) atoms. The molecule has 0 saturated carbocycles. The second-order valence-corrected chi connectivity index (χ2v) is 5.88. The summed E-state index contributed by atoms with van der Waals surface area (Å²) < 4.78 is 5.46. The van der Waals surface area contributed by atoms with Crippen molar-refractivity contribution in [1.29, 1.82) is 0 Å². The fourth-order valence-electron chi connectivity index (χ4n) is 1.88. The maximum Gasteiger partial charge on any atom is 0.255 e. The van der Waals surface area contributed by atoms with Gasteiger partial charge in [-0.3, -0.25) is 4.79 Å². The zero-order chi connectivity index (χ0) is 13.9. The van der Waals surface area contributed by atoms with E-state index in [0.29, 0.717) is 23.7 Å². The summed E-state index contributed by atoms with van der Waals surface area (Å²) in [5, 5.41) is 2.96. The van der Waals surface area contributed by atoms with Crippen LogP contribution in [0.15, 0.2) is 4.42 Å². The lowest BCUT2D eigenvalue weighted by Crippen LogP contribution is -2.34. The van der Waals surface area contributed by atoms with Crippen LogP contribution in [0.25, 0.3) is 0 Å². The van der Waals surface area contributed by atoms with Crippen molar-refractivity contribution in [2.45, 2.75) is 41.0 Å². The Hall–Kier alpha value is -0.960. The van der Waals surface area contributed by atoms with Gasteiger partial charge in [0, 0.05) is 18.0 Å². The van der Waals surface area contributed by atoms with Gasteiger partial charge in [0.15, 0.2) is 0 Å². The van der Waals surface area contributed by atoms with Gasteiger partial charge in [0.05, 0.1) is 5.56 Å². The van der Waals surface area contributed by atoms with Crippen LogP contribution >= 0.6 is 11.6 Å². The minimum absolute atomic E-state index is 0.0119. The first kappa shape index (κ1) is 15.1. The third-order valence-corrected chi connectivity index (χ3v) is 3.48. The number of rotatable bonds is 5. The highest BCUT2D eigenvalue weighted by atomic mass is 35.5. The van der Waals surface area contributed by atoms with E-state index in [0.717, 1.165) is 17.7 Å². The molecule has 1 aromatic heterocycles. The summed E-state index contributed by atoms with van der Waals surface area (Å²) in [6.45, 7) is 10.4. The highest BCUT2D eigenvalue weighted by Crippen LogP contribution is 2.22. The predicted octanol–water partition coefficient (Wildman–Crippen LogP) is 3.59. The first-order chi connectivity index (χ1) is 8.28. The Kier molecular flexibility index (Phi) is 4.85. The summed E-state index contributed by atoms with van der Waals surface area (Å²) in [5.74, 6) is 2.02. The van der Waals surface area contributed by atoms with Crippen LogP contribution in [0.5, 0.6) is 0 Å². The Balaban J connectivity index is 2.72. The Labute approximate surface area is 114 Å². The fraction of sp³-hybridized carbons (Fsp3) is 0.643.